The van der Waals surface area contributed by atoms with Gasteiger partial charge in [0.05, 0.1) is 13.5 Å². The summed E-state index contributed by atoms with van der Waals surface area (Å²) in [6, 6.07) is 7.33. The molecule has 2 aromatic rings. The van der Waals surface area contributed by atoms with Crippen LogP contribution in [-0.4, -0.2) is 28.2 Å². The van der Waals surface area contributed by atoms with Gasteiger partial charge in [-0.2, -0.15) is 10.1 Å². The number of rotatable bonds is 4. The summed E-state index contributed by atoms with van der Waals surface area (Å²) in [6.45, 7) is 0. The Morgan fingerprint density at radius 3 is 2.76 bits per heavy atom. The number of aromatic amines is 1. The molecule has 17 heavy (non-hydrogen) atoms. The summed E-state index contributed by atoms with van der Waals surface area (Å²) in [6.07, 6.45) is 1.62. The van der Waals surface area contributed by atoms with E-state index in [0.29, 0.717) is 5.95 Å². The first-order valence-corrected chi connectivity index (χ1v) is 5.06. The van der Waals surface area contributed by atoms with Gasteiger partial charge in [0.2, 0.25) is 11.9 Å². The van der Waals surface area contributed by atoms with Gasteiger partial charge in [0, 0.05) is 0 Å². The summed E-state index contributed by atoms with van der Waals surface area (Å²) in [5, 5.41) is 8.80. The van der Waals surface area contributed by atoms with Gasteiger partial charge in [-0.25, -0.2) is 5.10 Å². The van der Waals surface area contributed by atoms with Gasteiger partial charge in [0.25, 0.3) is 0 Å². The van der Waals surface area contributed by atoms with Gasteiger partial charge in [-0.3, -0.25) is 10.1 Å². The molecule has 0 aliphatic rings. The van der Waals surface area contributed by atoms with E-state index in [9.17, 15) is 4.79 Å². The lowest BCUT2D eigenvalue weighted by Gasteiger charge is -2.03. The van der Waals surface area contributed by atoms with Crippen molar-refractivity contribution in [3.8, 4) is 5.75 Å². The predicted molar refractivity (Wildman–Crippen MR) is 61.7 cm³/mol. The molecule has 6 nitrogen and oxygen atoms in total. The zero-order chi connectivity index (χ0) is 12.1. The molecule has 6 heteroatoms. The Hall–Kier alpha value is -2.37. The van der Waals surface area contributed by atoms with Gasteiger partial charge in [-0.1, -0.05) is 12.1 Å². The second-order valence-corrected chi connectivity index (χ2v) is 3.41. The zero-order valence-electron chi connectivity index (χ0n) is 9.30. The number of carbonyl (C=O) groups is 1. The fraction of sp³-hybridized carbons (Fsp3) is 0.182. The van der Waals surface area contributed by atoms with Crippen LogP contribution in [0.4, 0.5) is 5.95 Å². The maximum absolute atomic E-state index is 11.6. The van der Waals surface area contributed by atoms with Gasteiger partial charge in [0.1, 0.15) is 12.1 Å². The third-order valence-corrected chi connectivity index (χ3v) is 2.20. The van der Waals surface area contributed by atoms with Crippen LogP contribution in [0.2, 0.25) is 0 Å². The van der Waals surface area contributed by atoms with Crippen molar-refractivity contribution < 1.29 is 9.53 Å². The Balaban J connectivity index is 1.93. The fourth-order valence-electron chi connectivity index (χ4n) is 1.37. The third kappa shape index (κ3) is 3.04. The summed E-state index contributed by atoms with van der Waals surface area (Å²) < 4.78 is 5.04. The van der Waals surface area contributed by atoms with Gasteiger partial charge < -0.3 is 4.74 Å². The number of hydrogen-bond donors (Lipinski definition) is 2. The summed E-state index contributed by atoms with van der Waals surface area (Å²) in [5.74, 6) is 0.972. The summed E-state index contributed by atoms with van der Waals surface area (Å²) in [4.78, 5) is 15.4. The number of H-pyrrole nitrogens is 1. The largest absolute Gasteiger partial charge is 0.497 e. The Kier molecular flexibility index (Phi) is 3.34. The highest BCUT2D eigenvalue weighted by Crippen LogP contribution is 2.11. The van der Waals surface area contributed by atoms with E-state index in [1.165, 1.54) is 6.33 Å². The predicted octanol–water partition coefficient (Wildman–Crippen LogP) is 0.994. The number of anilines is 1. The second kappa shape index (κ2) is 5.11. The van der Waals surface area contributed by atoms with Crippen LogP contribution >= 0.6 is 0 Å². The molecule has 2 N–H and O–H groups in total. The van der Waals surface area contributed by atoms with Crippen LogP contribution in [0.5, 0.6) is 5.75 Å². The molecule has 1 aromatic carbocycles. The maximum Gasteiger partial charge on any atom is 0.231 e. The number of nitrogens with one attached hydrogen (secondary N) is 2. The first kappa shape index (κ1) is 11.1. The molecule has 0 unspecified atom stereocenters. The SMILES string of the molecule is COc1ccc(CC(=O)Nc2ncn[nH]2)cc1. The highest BCUT2D eigenvalue weighted by molar-refractivity contribution is 5.90. The van der Waals surface area contributed by atoms with E-state index in [0.717, 1.165) is 11.3 Å². The van der Waals surface area contributed by atoms with Gasteiger partial charge in [0.15, 0.2) is 0 Å². The fourth-order valence-corrected chi connectivity index (χ4v) is 1.37. The number of methoxy groups -OCH3 is 1. The molecule has 0 aliphatic heterocycles. The van der Waals surface area contributed by atoms with Crippen LogP contribution in [0.15, 0.2) is 30.6 Å². The first-order valence-electron chi connectivity index (χ1n) is 5.06. The van der Waals surface area contributed by atoms with E-state index in [1.54, 1.807) is 7.11 Å². The Morgan fingerprint density at radius 2 is 2.18 bits per heavy atom. The molecule has 0 atom stereocenters. The molecule has 0 bridgehead atoms. The van der Waals surface area contributed by atoms with E-state index >= 15 is 0 Å². The van der Waals surface area contributed by atoms with E-state index in [-0.39, 0.29) is 12.3 Å². The van der Waals surface area contributed by atoms with Crippen molar-refractivity contribution in [3.63, 3.8) is 0 Å². The number of nitrogens with zero attached hydrogens (tertiary/aromatic N) is 2. The van der Waals surface area contributed by atoms with Crippen LogP contribution in [0.3, 0.4) is 0 Å². The minimum atomic E-state index is -0.146. The number of ether oxygens (including phenoxy) is 1. The lowest BCUT2D eigenvalue weighted by Crippen LogP contribution is -2.15. The lowest BCUT2D eigenvalue weighted by molar-refractivity contribution is -0.115. The molecule has 0 aliphatic carbocycles. The zero-order valence-corrected chi connectivity index (χ0v) is 9.30. The highest BCUT2D eigenvalue weighted by atomic mass is 16.5. The van der Waals surface area contributed by atoms with E-state index in [1.807, 2.05) is 24.3 Å². The molecule has 1 heterocycles. The van der Waals surface area contributed by atoms with Crippen molar-refractivity contribution in [2.45, 2.75) is 6.42 Å². The number of aromatic nitrogens is 3. The number of hydrogen-bond acceptors (Lipinski definition) is 4. The third-order valence-electron chi connectivity index (χ3n) is 2.20. The minimum Gasteiger partial charge on any atom is -0.497 e. The van der Waals surface area contributed by atoms with Crippen LogP contribution < -0.4 is 10.1 Å². The van der Waals surface area contributed by atoms with E-state index in [2.05, 4.69) is 20.5 Å². The molecular weight excluding hydrogens is 220 g/mol. The molecule has 0 fully saturated rings. The van der Waals surface area contributed by atoms with Crippen molar-refractivity contribution >= 4 is 11.9 Å². The Bertz CT molecular complexity index is 479. The Morgan fingerprint density at radius 1 is 1.41 bits per heavy atom. The van der Waals surface area contributed by atoms with Crippen molar-refractivity contribution in [1.29, 1.82) is 0 Å². The van der Waals surface area contributed by atoms with Gasteiger partial charge in [-0.15, -0.1) is 0 Å². The summed E-state index contributed by atoms with van der Waals surface area (Å²) in [5.41, 5.74) is 0.905. The van der Waals surface area contributed by atoms with Gasteiger partial charge >= 0.3 is 0 Å². The van der Waals surface area contributed by atoms with Crippen molar-refractivity contribution in [3.05, 3.63) is 36.2 Å². The molecule has 0 radical (unpaired) electrons. The van der Waals surface area contributed by atoms with Crippen LogP contribution in [-0.2, 0) is 11.2 Å². The molecule has 0 saturated heterocycles. The molecule has 0 saturated carbocycles. The standard InChI is InChI=1S/C11H12N4O2/c1-17-9-4-2-8(3-5-9)6-10(16)14-11-12-7-13-15-11/h2-5,7H,6H2,1H3,(H2,12,13,14,15,16). The number of carbonyl (C=O) groups excluding carboxylic acids is 1. The second-order valence-electron chi connectivity index (χ2n) is 3.41. The van der Waals surface area contributed by atoms with Crippen molar-refractivity contribution in [2.75, 3.05) is 12.4 Å². The molecule has 1 aromatic heterocycles. The summed E-state index contributed by atoms with van der Waals surface area (Å²) >= 11 is 0. The van der Waals surface area contributed by atoms with Crippen LogP contribution in [0.25, 0.3) is 0 Å². The highest BCUT2D eigenvalue weighted by Gasteiger charge is 2.05. The maximum atomic E-state index is 11.6. The van der Waals surface area contributed by atoms with E-state index in [4.69, 9.17) is 4.74 Å². The number of amides is 1. The number of benzene rings is 1. The quantitative estimate of drug-likeness (QED) is 0.824. The van der Waals surface area contributed by atoms with Crippen molar-refractivity contribution in [2.24, 2.45) is 0 Å². The average molecular weight is 232 g/mol. The minimum absolute atomic E-state index is 0.146. The van der Waals surface area contributed by atoms with Gasteiger partial charge in [-0.05, 0) is 17.7 Å². The van der Waals surface area contributed by atoms with Crippen LogP contribution in [0.1, 0.15) is 5.56 Å². The smallest absolute Gasteiger partial charge is 0.231 e. The molecule has 2 rings (SSSR count). The first-order chi connectivity index (χ1) is 8.28. The molecule has 1 amide bonds. The Labute approximate surface area is 98.0 Å². The van der Waals surface area contributed by atoms with Crippen molar-refractivity contribution in [1.82, 2.24) is 15.2 Å². The summed E-state index contributed by atoms with van der Waals surface area (Å²) in [7, 11) is 1.60. The van der Waals surface area contributed by atoms with E-state index < -0.39 is 0 Å². The molecule has 88 valence electrons. The molecule has 0 spiro atoms. The molecular formula is C11H12N4O2. The average Bonchev–Trinajstić information content (AvgIpc) is 2.82. The topological polar surface area (TPSA) is 79.9 Å². The van der Waals surface area contributed by atoms with Crippen LogP contribution in [0, 0.1) is 0 Å². The monoisotopic (exact) mass is 232 g/mol. The normalized spacial score (nSPS) is 9.94. The lowest BCUT2D eigenvalue weighted by atomic mass is 10.1.